The van der Waals surface area contributed by atoms with Crippen molar-refractivity contribution in [1.82, 2.24) is 4.90 Å². The van der Waals surface area contributed by atoms with Gasteiger partial charge in [-0.3, -0.25) is 19.3 Å². The van der Waals surface area contributed by atoms with Crippen LogP contribution in [-0.4, -0.2) is 35.6 Å². The van der Waals surface area contributed by atoms with Gasteiger partial charge in [0.25, 0.3) is 11.1 Å². The Balaban J connectivity index is 1.53. The molecule has 10 heteroatoms. The molecule has 0 aromatic heterocycles. The number of carbonyl (C=O) groups excluding carboxylic acids is 3. The molecule has 1 N–H and O–H groups in total. The molecule has 1 saturated heterocycles. The van der Waals surface area contributed by atoms with E-state index in [0.29, 0.717) is 38.4 Å². The van der Waals surface area contributed by atoms with Crippen LogP contribution in [0.15, 0.2) is 59.5 Å². The van der Waals surface area contributed by atoms with E-state index in [4.69, 9.17) is 32.7 Å². The minimum atomic E-state index is -0.564. The molecule has 3 aromatic rings. The summed E-state index contributed by atoms with van der Waals surface area (Å²) in [5.74, 6) is -0.213. The van der Waals surface area contributed by atoms with E-state index in [1.807, 2.05) is 32.0 Å². The first-order chi connectivity index (χ1) is 18.2. The molecule has 0 atom stereocenters. The van der Waals surface area contributed by atoms with Gasteiger partial charge in [0.2, 0.25) is 5.91 Å². The second-order valence-corrected chi connectivity index (χ2v) is 10.4. The van der Waals surface area contributed by atoms with Crippen LogP contribution in [0, 0.1) is 13.8 Å². The van der Waals surface area contributed by atoms with Crippen molar-refractivity contribution < 1.29 is 23.9 Å². The van der Waals surface area contributed by atoms with Gasteiger partial charge >= 0.3 is 0 Å². The largest absolute Gasteiger partial charge is 0.493 e. The quantitative estimate of drug-likeness (QED) is 0.297. The molecule has 0 unspecified atom stereocenters. The number of amides is 3. The van der Waals surface area contributed by atoms with Crippen LogP contribution in [0.1, 0.15) is 22.3 Å². The molecule has 196 valence electrons. The molecule has 0 radical (unpaired) electrons. The van der Waals surface area contributed by atoms with Gasteiger partial charge in [-0.1, -0.05) is 53.5 Å². The lowest BCUT2D eigenvalue weighted by atomic mass is 10.1. The average Bonchev–Trinajstić information content (AvgIpc) is 3.13. The lowest BCUT2D eigenvalue weighted by Gasteiger charge is -2.15. The molecule has 0 bridgehead atoms. The minimum absolute atomic E-state index is 0.122. The molecule has 7 nitrogen and oxygen atoms in total. The first-order valence-electron chi connectivity index (χ1n) is 11.5. The molecule has 4 rings (SSSR count). The summed E-state index contributed by atoms with van der Waals surface area (Å²) in [6.45, 7) is 3.51. The van der Waals surface area contributed by atoms with E-state index >= 15 is 0 Å². The number of carbonyl (C=O) groups is 3. The Hall–Kier alpha value is -3.46. The molecule has 0 aliphatic carbocycles. The Morgan fingerprint density at radius 2 is 1.87 bits per heavy atom. The lowest BCUT2D eigenvalue weighted by molar-refractivity contribution is -0.127. The number of hydrogen-bond donors (Lipinski definition) is 1. The molecule has 38 heavy (non-hydrogen) atoms. The number of aryl methyl sites for hydroxylation is 2. The van der Waals surface area contributed by atoms with Crippen molar-refractivity contribution in [1.29, 1.82) is 0 Å². The Labute approximate surface area is 234 Å². The average molecular weight is 571 g/mol. The highest BCUT2D eigenvalue weighted by Crippen LogP contribution is 2.38. The SMILES string of the molecule is COc1cccc(/C=C2/SC(=O)N(CC(=O)Nc3cc(C)ccc3C)C2=O)c1OCc1ccc(Cl)cc1Cl. The standard InChI is InChI=1S/C28H24Cl2N2O5S/c1-16-7-8-17(2)22(11-16)31-25(33)14-32-27(34)24(38-28(32)35)12-18-5-4-6-23(36-3)26(18)37-15-19-9-10-20(29)13-21(19)30/h4-13H,14-15H2,1-3H3,(H,31,33)/b24-12+. The number of ether oxygens (including phenoxy) is 2. The van der Waals surface area contributed by atoms with Gasteiger partial charge in [0.1, 0.15) is 13.2 Å². The normalized spacial score (nSPS) is 14.2. The number of benzene rings is 3. The summed E-state index contributed by atoms with van der Waals surface area (Å²) in [5, 5.41) is 3.21. The molecule has 1 aliphatic rings. The van der Waals surface area contributed by atoms with Crippen LogP contribution in [0.4, 0.5) is 10.5 Å². The molecule has 0 spiro atoms. The van der Waals surface area contributed by atoms with Gasteiger partial charge in [0.05, 0.1) is 12.0 Å². The number of anilines is 1. The van der Waals surface area contributed by atoms with Crippen LogP contribution in [0.5, 0.6) is 11.5 Å². The van der Waals surface area contributed by atoms with E-state index in [2.05, 4.69) is 5.32 Å². The third-order valence-corrected chi connectivity index (χ3v) is 7.24. The Kier molecular flexibility index (Phi) is 8.66. The highest BCUT2D eigenvalue weighted by molar-refractivity contribution is 8.18. The van der Waals surface area contributed by atoms with Gasteiger partial charge in [-0.05, 0) is 67.1 Å². The summed E-state index contributed by atoms with van der Waals surface area (Å²) in [5.41, 5.74) is 3.73. The summed E-state index contributed by atoms with van der Waals surface area (Å²) in [6.07, 6.45) is 1.55. The van der Waals surface area contributed by atoms with Crippen molar-refractivity contribution in [2.24, 2.45) is 0 Å². The van der Waals surface area contributed by atoms with Gasteiger partial charge in [-0.2, -0.15) is 0 Å². The second-order valence-electron chi connectivity index (χ2n) is 8.54. The zero-order valence-electron chi connectivity index (χ0n) is 20.8. The number of para-hydroxylation sites is 1. The maximum absolute atomic E-state index is 13.1. The number of rotatable bonds is 8. The summed E-state index contributed by atoms with van der Waals surface area (Å²) in [6, 6.07) is 16.0. The Morgan fingerprint density at radius 3 is 2.61 bits per heavy atom. The van der Waals surface area contributed by atoms with Gasteiger partial charge < -0.3 is 14.8 Å². The fourth-order valence-electron chi connectivity index (χ4n) is 3.73. The van der Waals surface area contributed by atoms with E-state index in [0.717, 1.165) is 27.8 Å². The molecule has 1 heterocycles. The molecular weight excluding hydrogens is 547 g/mol. The van der Waals surface area contributed by atoms with Crippen molar-refractivity contribution in [2.45, 2.75) is 20.5 Å². The van der Waals surface area contributed by atoms with E-state index in [1.165, 1.54) is 7.11 Å². The summed E-state index contributed by atoms with van der Waals surface area (Å²) in [4.78, 5) is 39.5. The predicted molar refractivity (Wildman–Crippen MR) is 151 cm³/mol. The number of nitrogens with zero attached hydrogens (tertiary/aromatic N) is 1. The van der Waals surface area contributed by atoms with E-state index in [-0.39, 0.29) is 11.5 Å². The second kappa shape index (κ2) is 11.9. The first kappa shape index (κ1) is 27.6. The summed E-state index contributed by atoms with van der Waals surface area (Å²) < 4.78 is 11.5. The molecule has 0 saturated carbocycles. The number of halogens is 2. The van der Waals surface area contributed by atoms with Crippen LogP contribution in [0.2, 0.25) is 10.0 Å². The van der Waals surface area contributed by atoms with Crippen LogP contribution in [-0.2, 0) is 16.2 Å². The predicted octanol–water partition coefficient (Wildman–Crippen LogP) is 6.87. The number of nitrogens with one attached hydrogen (secondary N) is 1. The van der Waals surface area contributed by atoms with Crippen LogP contribution in [0.25, 0.3) is 6.08 Å². The lowest BCUT2D eigenvalue weighted by Crippen LogP contribution is -2.36. The molecule has 1 fully saturated rings. The number of thioether (sulfide) groups is 1. The maximum Gasteiger partial charge on any atom is 0.294 e. The van der Waals surface area contributed by atoms with Crippen LogP contribution >= 0.6 is 35.0 Å². The Morgan fingerprint density at radius 1 is 1.08 bits per heavy atom. The zero-order chi connectivity index (χ0) is 27.4. The summed E-state index contributed by atoms with van der Waals surface area (Å²) in [7, 11) is 1.50. The topological polar surface area (TPSA) is 84.9 Å². The number of hydrogen-bond acceptors (Lipinski definition) is 6. The van der Waals surface area contributed by atoms with Crippen molar-refractivity contribution >= 4 is 63.8 Å². The van der Waals surface area contributed by atoms with Crippen LogP contribution < -0.4 is 14.8 Å². The molecular formula is C28H24Cl2N2O5S. The highest BCUT2D eigenvalue weighted by Gasteiger charge is 2.36. The van der Waals surface area contributed by atoms with Crippen molar-refractivity contribution in [2.75, 3.05) is 19.0 Å². The monoisotopic (exact) mass is 570 g/mol. The van der Waals surface area contributed by atoms with Crippen molar-refractivity contribution in [3.8, 4) is 11.5 Å². The third kappa shape index (κ3) is 6.32. The van der Waals surface area contributed by atoms with E-state index in [1.54, 1.807) is 42.5 Å². The van der Waals surface area contributed by atoms with Crippen LogP contribution in [0.3, 0.4) is 0 Å². The summed E-state index contributed by atoms with van der Waals surface area (Å²) >= 11 is 13.0. The fraction of sp³-hybridized carbons (Fsp3) is 0.179. The smallest absolute Gasteiger partial charge is 0.294 e. The van der Waals surface area contributed by atoms with Gasteiger partial charge in [-0.15, -0.1) is 0 Å². The maximum atomic E-state index is 13.1. The van der Waals surface area contributed by atoms with E-state index < -0.39 is 23.6 Å². The zero-order valence-corrected chi connectivity index (χ0v) is 23.2. The van der Waals surface area contributed by atoms with Crippen molar-refractivity contribution in [3.05, 3.63) is 91.8 Å². The van der Waals surface area contributed by atoms with Gasteiger partial charge in [-0.25, -0.2) is 0 Å². The van der Waals surface area contributed by atoms with Crippen molar-refractivity contribution in [3.63, 3.8) is 0 Å². The van der Waals surface area contributed by atoms with Gasteiger partial charge in [0.15, 0.2) is 11.5 Å². The van der Waals surface area contributed by atoms with E-state index in [9.17, 15) is 14.4 Å². The molecule has 1 aliphatic heterocycles. The number of imide groups is 1. The number of methoxy groups -OCH3 is 1. The molecule has 3 aromatic carbocycles. The minimum Gasteiger partial charge on any atom is -0.493 e. The molecule has 3 amide bonds. The fourth-order valence-corrected chi connectivity index (χ4v) is 5.02. The first-order valence-corrected chi connectivity index (χ1v) is 13.1. The highest BCUT2D eigenvalue weighted by atomic mass is 35.5. The van der Waals surface area contributed by atoms with Gasteiger partial charge in [0, 0.05) is 26.9 Å². The Bertz CT molecular complexity index is 1460. The third-order valence-electron chi connectivity index (χ3n) is 5.75.